The Morgan fingerprint density at radius 2 is 1.65 bits per heavy atom. The maximum atomic E-state index is 11.5. The van der Waals surface area contributed by atoms with Crippen LogP contribution < -0.4 is 4.90 Å². The average Bonchev–Trinajstić information content (AvgIpc) is 2.55. The number of benzene rings is 1. The molecule has 1 aromatic heterocycles. The van der Waals surface area contributed by atoms with Crippen molar-refractivity contribution in [3.8, 4) is 11.3 Å². The zero-order valence-corrected chi connectivity index (χ0v) is 14.1. The molecular weight excluding hydrogens is 312 g/mol. The second-order valence-electron chi connectivity index (χ2n) is 5.85. The predicted octanol–water partition coefficient (Wildman–Crippen LogP) is 1.30. The molecule has 122 valence electrons. The van der Waals surface area contributed by atoms with Gasteiger partial charge in [-0.05, 0) is 19.2 Å². The molecule has 1 aliphatic heterocycles. The topological polar surface area (TPSA) is 66.4 Å². The van der Waals surface area contributed by atoms with Gasteiger partial charge in [-0.25, -0.2) is 13.4 Å². The monoisotopic (exact) mass is 332 g/mol. The van der Waals surface area contributed by atoms with Crippen molar-refractivity contribution in [2.75, 3.05) is 44.4 Å². The Balaban J connectivity index is 1.85. The molecule has 23 heavy (non-hydrogen) atoms. The van der Waals surface area contributed by atoms with E-state index in [9.17, 15) is 8.42 Å². The largest absolute Gasteiger partial charge is 0.353 e. The fraction of sp³-hybridized carbons (Fsp3) is 0.375. The molecule has 0 radical (unpaired) electrons. The molecule has 1 aliphatic rings. The number of hydrogen-bond donors (Lipinski definition) is 0. The average molecular weight is 332 g/mol. The first-order valence-corrected chi connectivity index (χ1v) is 9.39. The maximum Gasteiger partial charge on any atom is 0.175 e. The Labute approximate surface area is 136 Å². The van der Waals surface area contributed by atoms with Gasteiger partial charge in [0.15, 0.2) is 9.84 Å². The molecule has 6 nitrogen and oxygen atoms in total. The molecule has 7 heteroatoms. The number of nitrogens with zero attached hydrogens (tertiary/aromatic N) is 4. The fourth-order valence-corrected chi connectivity index (χ4v) is 3.19. The van der Waals surface area contributed by atoms with Crippen LogP contribution in [-0.4, -0.2) is 62.8 Å². The van der Waals surface area contributed by atoms with Crippen molar-refractivity contribution in [1.29, 1.82) is 0 Å². The molecule has 3 rings (SSSR count). The van der Waals surface area contributed by atoms with E-state index in [4.69, 9.17) is 0 Å². The molecule has 0 aliphatic carbocycles. The van der Waals surface area contributed by atoms with Gasteiger partial charge in [0, 0.05) is 38.0 Å². The van der Waals surface area contributed by atoms with E-state index in [1.165, 1.54) is 6.26 Å². The highest BCUT2D eigenvalue weighted by molar-refractivity contribution is 7.90. The summed E-state index contributed by atoms with van der Waals surface area (Å²) in [6, 6.07) is 6.76. The zero-order valence-electron chi connectivity index (χ0n) is 13.3. The minimum absolute atomic E-state index is 0.310. The molecule has 0 bridgehead atoms. The van der Waals surface area contributed by atoms with Crippen molar-refractivity contribution in [2.45, 2.75) is 4.90 Å². The van der Waals surface area contributed by atoms with Crippen molar-refractivity contribution in [3.05, 3.63) is 36.7 Å². The van der Waals surface area contributed by atoms with Crippen molar-refractivity contribution in [1.82, 2.24) is 14.9 Å². The van der Waals surface area contributed by atoms with E-state index >= 15 is 0 Å². The normalized spacial score (nSPS) is 16.5. The van der Waals surface area contributed by atoms with Gasteiger partial charge in [0.05, 0.1) is 23.0 Å². The minimum atomic E-state index is -3.18. The lowest BCUT2D eigenvalue weighted by Gasteiger charge is -2.33. The summed E-state index contributed by atoms with van der Waals surface area (Å²) >= 11 is 0. The highest BCUT2D eigenvalue weighted by Crippen LogP contribution is 2.21. The molecule has 0 amide bonds. The Hall–Kier alpha value is -1.99. The van der Waals surface area contributed by atoms with Crippen LogP contribution in [0.3, 0.4) is 0 Å². The number of rotatable bonds is 3. The number of hydrogen-bond acceptors (Lipinski definition) is 6. The van der Waals surface area contributed by atoms with Crippen LogP contribution in [-0.2, 0) is 9.84 Å². The van der Waals surface area contributed by atoms with Crippen LogP contribution in [0.1, 0.15) is 0 Å². The Morgan fingerprint density at radius 3 is 2.26 bits per heavy atom. The third-order valence-corrected chi connectivity index (χ3v) is 5.16. The van der Waals surface area contributed by atoms with Crippen LogP contribution in [0.2, 0.25) is 0 Å². The van der Waals surface area contributed by atoms with E-state index in [1.54, 1.807) is 36.7 Å². The first kappa shape index (κ1) is 15.9. The van der Waals surface area contributed by atoms with Crippen molar-refractivity contribution in [3.63, 3.8) is 0 Å². The molecule has 0 saturated carbocycles. The summed E-state index contributed by atoms with van der Waals surface area (Å²) in [5.74, 6) is 0.864. The summed E-state index contributed by atoms with van der Waals surface area (Å²) in [6.45, 7) is 3.88. The molecular formula is C16H20N4O2S. The van der Waals surface area contributed by atoms with E-state index in [1.807, 2.05) is 0 Å². The van der Waals surface area contributed by atoms with Crippen LogP contribution in [0.15, 0.2) is 41.6 Å². The van der Waals surface area contributed by atoms with Gasteiger partial charge in [0.1, 0.15) is 5.82 Å². The maximum absolute atomic E-state index is 11.5. The van der Waals surface area contributed by atoms with Crippen molar-refractivity contribution < 1.29 is 8.42 Å². The first-order valence-electron chi connectivity index (χ1n) is 7.49. The highest BCUT2D eigenvalue weighted by atomic mass is 32.2. The predicted molar refractivity (Wildman–Crippen MR) is 90.3 cm³/mol. The van der Waals surface area contributed by atoms with Gasteiger partial charge in [0.25, 0.3) is 0 Å². The van der Waals surface area contributed by atoms with Gasteiger partial charge in [-0.3, -0.25) is 4.98 Å². The number of likely N-dealkylation sites (N-methyl/N-ethyl adjacent to an activating group) is 1. The number of piperazine rings is 1. The third-order valence-electron chi connectivity index (χ3n) is 4.03. The third kappa shape index (κ3) is 3.68. The molecule has 0 atom stereocenters. The van der Waals surface area contributed by atoms with Gasteiger partial charge in [-0.15, -0.1) is 0 Å². The summed E-state index contributed by atoms with van der Waals surface area (Å²) in [7, 11) is -1.07. The number of anilines is 1. The Morgan fingerprint density at radius 1 is 1.00 bits per heavy atom. The highest BCUT2D eigenvalue weighted by Gasteiger charge is 2.16. The van der Waals surface area contributed by atoms with E-state index in [0.717, 1.165) is 43.3 Å². The van der Waals surface area contributed by atoms with Crippen LogP contribution in [0.4, 0.5) is 5.82 Å². The summed E-state index contributed by atoms with van der Waals surface area (Å²) in [6.07, 6.45) is 4.69. The molecule has 1 aromatic carbocycles. The zero-order chi connectivity index (χ0) is 16.4. The van der Waals surface area contributed by atoms with Gasteiger partial charge >= 0.3 is 0 Å². The van der Waals surface area contributed by atoms with E-state index in [2.05, 4.69) is 26.8 Å². The fourth-order valence-electron chi connectivity index (χ4n) is 2.56. The van der Waals surface area contributed by atoms with E-state index in [-0.39, 0.29) is 0 Å². The van der Waals surface area contributed by atoms with Gasteiger partial charge in [-0.1, -0.05) is 12.1 Å². The number of sulfone groups is 1. The second-order valence-corrected chi connectivity index (χ2v) is 7.87. The van der Waals surface area contributed by atoms with Crippen molar-refractivity contribution >= 4 is 15.7 Å². The quantitative estimate of drug-likeness (QED) is 0.844. The van der Waals surface area contributed by atoms with Crippen LogP contribution in [0, 0.1) is 0 Å². The standard InChI is InChI=1S/C16H20N4O2S/c1-19-7-9-20(10-8-19)16-12-17-11-15(18-16)13-3-5-14(6-4-13)23(2,21)22/h3-6,11-12H,7-10H2,1-2H3. The molecule has 1 fully saturated rings. The van der Waals surface area contributed by atoms with E-state index < -0.39 is 9.84 Å². The molecule has 0 spiro atoms. The lowest BCUT2D eigenvalue weighted by molar-refractivity contribution is 0.312. The summed E-state index contributed by atoms with van der Waals surface area (Å²) < 4.78 is 23.1. The molecule has 0 unspecified atom stereocenters. The molecule has 2 heterocycles. The van der Waals surface area contributed by atoms with E-state index in [0.29, 0.717) is 4.90 Å². The van der Waals surface area contributed by atoms with Crippen molar-refractivity contribution in [2.24, 2.45) is 0 Å². The van der Waals surface area contributed by atoms with Gasteiger partial charge in [-0.2, -0.15) is 0 Å². The molecule has 0 N–H and O–H groups in total. The Kier molecular flexibility index (Phi) is 4.32. The van der Waals surface area contributed by atoms with Crippen LogP contribution in [0.5, 0.6) is 0 Å². The molecule has 2 aromatic rings. The summed E-state index contributed by atoms with van der Waals surface area (Å²) in [5.41, 5.74) is 1.61. The van der Waals surface area contributed by atoms with Gasteiger partial charge < -0.3 is 9.80 Å². The summed E-state index contributed by atoms with van der Waals surface area (Å²) in [5, 5.41) is 0. The lowest BCUT2D eigenvalue weighted by atomic mass is 10.2. The SMILES string of the molecule is CN1CCN(c2cncc(-c3ccc(S(C)(=O)=O)cc3)n2)CC1. The second kappa shape index (κ2) is 6.25. The smallest absolute Gasteiger partial charge is 0.175 e. The lowest BCUT2D eigenvalue weighted by Crippen LogP contribution is -2.44. The van der Waals surface area contributed by atoms with Crippen LogP contribution >= 0.6 is 0 Å². The number of aromatic nitrogens is 2. The molecule has 1 saturated heterocycles. The van der Waals surface area contributed by atoms with Crippen LogP contribution in [0.25, 0.3) is 11.3 Å². The summed E-state index contributed by atoms with van der Waals surface area (Å²) in [4.78, 5) is 13.8. The first-order chi connectivity index (χ1) is 10.9. The minimum Gasteiger partial charge on any atom is -0.353 e. The van der Waals surface area contributed by atoms with Gasteiger partial charge in [0.2, 0.25) is 0 Å². The Bertz CT molecular complexity index is 782.